The first-order chi connectivity index (χ1) is 15.1. The van der Waals surface area contributed by atoms with Crippen molar-refractivity contribution < 1.29 is 29.1 Å². The van der Waals surface area contributed by atoms with Crippen LogP contribution >= 0.6 is 23.2 Å². The zero-order chi connectivity index (χ0) is 24.0. The van der Waals surface area contributed by atoms with Gasteiger partial charge in [0.2, 0.25) is 11.8 Å². The van der Waals surface area contributed by atoms with Crippen molar-refractivity contribution in [3.05, 3.63) is 28.0 Å². The summed E-state index contributed by atoms with van der Waals surface area (Å²) in [6.45, 7) is 3.76. The second-order valence-corrected chi connectivity index (χ2v) is 8.43. The molecule has 1 aromatic rings. The fraction of sp³-hybridized carbons (Fsp3) is 0.500. The van der Waals surface area contributed by atoms with E-state index in [-0.39, 0.29) is 28.2 Å². The highest BCUT2D eigenvalue weighted by Gasteiger charge is 2.39. The first kappa shape index (κ1) is 25.5. The lowest BCUT2D eigenvalue weighted by Gasteiger charge is -2.31. The maximum atomic E-state index is 13.2. The third-order valence-corrected chi connectivity index (χ3v) is 5.80. The van der Waals surface area contributed by atoms with Gasteiger partial charge in [0.1, 0.15) is 23.5 Å². The van der Waals surface area contributed by atoms with Crippen molar-refractivity contribution in [1.29, 1.82) is 0 Å². The third kappa shape index (κ3) is 6.17. The highest BCUT2D eigenvalue weighted by Crippen LogP contribution is 2.24. The molecule has 0 bridgehead atoms. The molecule has 1 fully saturated rings. The number of amides is 3. The summed E-state index contributed by atoms with van der Waals surface area (Å²) in [5.41, 5.74) is 0.0586. The number of hydrogen-bond acceptors (Lipinski definition) is 6. The molecule has 12 heteroatoms. The number of likely N-dealkylation sites (tertiary alicyclic amines) is 1. The molecule has 10 nitrogen and oxygen atoms in total. The number of aldehydes is 1. The zero-order valence-electron chi connectivity index (χ0n) is 17.5. The van der Waals surface area contributed by atoms with Gasteiger partial charge in [-0.2, -0.15) is 0 Å². The van der Waals surface area contributed by atoms with Crippen molar-refractivity contribution in [1.82, 2.24) is 20.5 Å². The van der Waals surface area contributed by atoms with Crippen LogP contribution in [0.1, 0.15) is 43.5 Å². The Morgan fingerprint density at radius 1 is 1.28 bits per heavy atom. The van der Waals surface area contributed by atoms with Crippen LogP contribution in [0.4, 0.5) is 0 Å². The average Bonchev–Trinajstić information content (AvgIpc) is 3.22. The van der Waals surface area contributed by atoms with Crippen LogP contribution in [0.3, 0.4) is 0 Å². The Morgan fingerprint density at radius 2 is 1.97 bits per heavy atom. The molecule has 0 radical (unpaired) electrons. The second kappa shape index (κ2) is 11.2. The van der Waals surface area contributed by atoms with Crippen molar-refractivity contribution >= 4 is 53.2 Å². The van der Waals surface area contributed by atoms with E-state index in [1.807, 2.05) is 0 Å². The number of aromatic nitrogens is 1. The van der Waals surface area contributed by atoms with E-state index in [1.165, 1.54) is 17.2 Å². The van der Waals surface area contributed by atoms with Crippen molar-refractivity contribution in [3.8, 4) is 0 Å². The molecule has 0 spiro atoms. The Labute approximate surface area is 194 Å². The molecule has 1 saturated heterocycles. The number of carbonyl (C=O) groups excluding carboxylic acids is 4. The van der Waals surface area contributed by atoms with Crippen LogP contribution in [-0.4, -0.2) is 69.6 Å². The van der Waals surface area contributed by atoms with Crippen molar-refractivity contribution in [2.24, 2.45) is 5.92 Å². The minimum atomic E-state index is -1.24. The van der Waals surface area contributed by atoms with Crippen molar-refractivity contribution in [2.75, 3.05) is 6.54 Å². The quantitative estimate of drug-likeness (QED) is 0.352. The Kier molecular flexibility index (Phi) is 8.97. The molecule has 2 rings (SSSR count). The summed E-state index contributed by atoms with van der Waals surface area (Å²) in [5, 5.41) is 13.8. The Hall–Kier alpha value is -2.72. The summed E-state index contributed by atoms with van der Waals surface area (Å²) < 4.78 is 0. The monoisotopic (exact) mass is 486 g/mol. The van der Waals surface area contributed by atoms with Gasteiger partial charge in [-0.05, 0) is 24.8 Å². The molecule has 1 aliphatic heterocycles. The fourth-order valence-electron chi connectivity index (χ4n) is 3.41. The smallest absolute Gasteiger partial charge is 0.305 e. The highest BCUT2D eigenvalue weighted by atomic mass is 35.5. The van der Waals surface area contributed by atoms with E-state index >= 15 is 0 Å². The molecule has 0 saturated carbocycles. The number of hydrogen-bond donors (Lipinski definition) is 3. The van der Waals surface area contributed by atoms with Gasteiger partial charge in [-0.25, -0.2) is 4.98 Å². The highest BCUT2D eigenvalue weighted by molar-refractivity contribution is 6.43. The molecule has 1 aliphatic rings. The van der Waals surface area contributed by atoms with Crippen LogP contribution in [0.15, 0.2) is 12.3 Å². The number of carbonyl (C=O) groups is 5. The second-order valence-electron chi connectivity index (χ2n) is 7.70. The molecule has 0 aliphatic carbocycles. The molecule has 174 valence electrons. The number of aliphatic carboxylic acids is 1. The van der Waals surface area contributed by atoms with Gasteiger partial charge in [0, 0.05) is 12.7 Å². The van der Waals surface area contributed by atoms with Gasteiger partial charge < -0.3 is 25.4 Å². The van der Waals surface area contributed by atoms with E-state index in [1.54, 1.807) is 13.8 Å². The topological polar surface area (TPSA) is 146 Å². The number of carboxylic acid groups (broad SMARTS) is 1. The van der Waals surface area contributed by atoms with Crippen molar-refractivity contribution in [3.63, 3.8) is 0 Å². The number of rotatable bonds is 9. The first-order valence-electron chi connectivity index (χ1n) is 9.95. The molecule has 0 aromatic carbocycles. The van der Waals surface area contributed by atoms with Gasteiger partial charge >= 0.3 is 5.97 Å². The molecule has 32 heavy (non-hydrogen) atoms. The molecule has 0 unspecified atom stereocenters. The molecule has 3 amide bonds. The molecule has 3 atom stereocenters. The minimum absolute atomic E-state index is 0.0432. The predicted octanol–water partition coefficient (Wildman–Crippen LogP) is 1.29. The average molecular weight is 487 g/mol. The van der Waals surface area contributed by atoms with Crippen molar-refractivity contribution in [2.45, 2.75) is 51.2 Å². The predicted molar refractivity (Wildman–Crippen MR) is 115 cm³/mol. The van der Waals surface area contributed by atoms with Gasteiger partial charge in [0.05, 0.1) is 23.0 Å². The number of nitrogens with one attached hydrogen (secondary N) is 2. The summed E-state index contributed by atoms with van der Waals surface area (Å²) in [4.78, 5) is 65.7. The van der Waals surface area contributed by atoms with Gasteiger partial charge in [-0.3, -0.25) is 19.2 Å². The Balaban J connectivity index is 2.16. The SMILES string of the molecule is CC(C)[C@H](NC(=O)c1ccnc(Cl)c1Cl)C(=O)N1CCC[C@H]1C(=O)N[C@H](C=O)CC(=O)O. The number of pyridine rings is 1. The Morgan fingerprint density at radius 3 is 2.56 bits per heavy atom. The molecule has 1 aromatic heterocycles. The third-order valence-electron chi connectivity index (χ3n) is 5.04. The molecule has 2 heterocycles. The minimum Gasteiger partial charge on any atom is -0.481 e. The zero-order valence-corrected chi connectivity index (χ0v) is 19.0. The Bertz CT molecular complexity index is 910. The van der Waals surface area contributed by atoms with E-state index in [0.29, 0.717) is 19.1 Å². The van der Waals surface area contributed by atoms with Gasteiger partial charge in [0.25, 0.3) is 5.91 Å². The summed E-state index contributed by atoms with van der Waals surface area (Å²) >= 11 is 11.9. The van der Waals surface area contributed by atoms with E-state index in [2.05, 4.69) is 15.6 Å². The maximum absolute atomic E-state index is 13.2. The van der Waals surface area contributed by atoms with Crippen LogP contribution in [0.5, 0.6) is 0 Å². The van der Waals surface area contributed by atoms with Gasteiger partial charge in [0.15, 0.2) is 0 Å². The normalized spacial score (nSPS) is 17.5. The van der Waals surface area contributed by atoms with Crippen LogP contribution in [0.25, 0.3) is 0 Å². The van der Waals surface area contributed by atoms with Crippen LogP contribution < -0.4 is 10.6 Å². The molecular formula is C20H24Cl2N4O6. The maximum Gasteiger partial charge on any atom is 0.305 e. The lowest BCUT2D eigenvalue weighted by Crippen LogP contribution is -2.56. The lowest BCUT2D eigenvalue weighted by molar-refractivity contribution is -0.142. The summed E-state index contributed by atoms with van der Waals surface area (Å²) in [6.07, 6.45) is 1.99. The van der Waals surface area contributed by atoms with Gasteiger partial charge in [-0.15, -0.1) is 0 Å². The van der Waals surface area contributed by atoms with Crippen LogP contribution in [0, 0.1) is 5.92 Å². The summed E-state index contributed by atoms with van der Waals surface area (Å²) in [5.74, 6) is -3.26. The van der Waals surface area contributed by atoms with Crippen LogP contribution in [0.2, 0.25) is 10.2 Å². The summed E-state index contributed by atoms with van der Waals surface area (Å²) in [6, 6.07) is -1.66. The first-order valence-corrected chi connectivity index (χ1v) is 10.7. The standard InChI is InChI=1S/C20H24Cl2N4O6/c1-10(2)16(25-18(30)12-5-6-23-17(22)15(12)21)20(32)26-7-3-4-13(26)19(31)24-11(9-27)8-14(28)29/h5-6,9-11,13,16H,3-4,7-8H2,1-2H3,(H,24,31)(H,25,30)(H,28,29)/t11-,13-,16-/m0/s1. The van der Waals surface area contributed by atoms with Crippen LogP contribution in [-0.2, 0) is 19.2 Å². The van der Waals surface area contributed by atoms with E-state index in [9.17, 15) is 24.0 Å². The molecule has 3 N–H and O–H groups in total. The van der Waals surface area contributed by atoms with E-state index in [0.717, 1.165) is 0 Å². The van der Waals surface area contributed by atoms with E-state index < -0.39 is 48.2 Å². The largest absolute Gasteiger partial charge is 0.481 e. The fourth-order valence-corrected chi connectivity index (χ4v) is 3.76. The lowest BCUT2D eigenvalue weighted by atomic mass is 10.0. The summed E-state index contributed by atoms with van der Waals surface area (Å²) in [7, 11) is 0. The number of carboxylic acids is 1. The van der Waals surface area contributed by atoms with Gasteiger partial charge in [-0.1, -0.05) is 37.0 Å². The number of halogens is 2. The van der Waals surface area contributed by atoms with E-state index in [4.69, 9.17) is 28.3 Å². The molecular weight excluding hydrogens is 463 g/mol. The number of nitrogens with zero attached hydrogens (tertiary/aromatic N) is 2.